The Hall–Kier alpha value is -3.35. The molecule has 1 aromatic heterocycles. The normalized spacial score (nSPS) is 14.7. The molecule has 0 saturated carbocycles. The van der Waals surface area contributed by atoms with Crippen molar-refractivity contribution in [3.05, 3.63) is 71.4 Å². The van der Waals surface area contributed by atoms with Crippen LogP contribution in [0.3, 0.4) is 0 Å². The van der Waals surface area contributed by atoms with Gasteiger partial charge in [-0.3, -0.25) is 14.6 Å². The first-order valence-electron chi connectivity index (χ1n) is 9.83. The molecule has 1 fully saturated rings. The van der Waals surface area contributed by atoms with Gasteiger partial charge in [0.25, 0.3) is 0 Å². The first-order valence-corrected chi connectivity index (χ1v) is 9.83. The summed E-state index contributed by atoms with van der Waals surface area (Å²) in [7, 11) is 0. The molecule has 0 bridgehead atoms. The van der Waals surface area contributed by atoms with Crippen molar-refractivity contribution in [2.45, 2.75) is 25.7 Å². The summed E-state index contributed by atoms with van der Waals surface area (Å²) in [6, 6.07) is 10.7. The van der Waals surface area contributed by atoms with Crippen LogP contribution in [-0.4, -0.2) is 34.8 Å². The summed E-state index contributed by atoms with van der Waals surface area (Å²) in [6.07, 6.45) is 3.03. The zero-order chi connectivity index (χ0) is 21.3. The number of halogens is 2. The van der Waals surface area contributed by atoms with Crippen molar-refractivity contribution >= 4 is 28.4 Å². The zero-order valence-electron chi connectivity index (χ0n) is 16.5. The van der Waals surface area contributed by atoms with Crippen molar-refractivity contribution in [2.24, 2.45) is 0 Å². The first kappa shape index (κ1) is 19.9. The molecule has 7 heteroatoms. The number of fused-ring (bicyclic) bond motifs is 1. The lowest BCUT2D eigenvalue weighted by Gasteiger charge is -2.32. The van der Waals surface area contributed by atoms with Gasteiger partial charge in [0.1, 0.15) is 11.6 Å². The van der Waals surface area contributed by atoms with Crippen LogP contribution in [0.25, 0.3) is 10.9 Å². The second kappa shape index (κ2) is 8.18. The molecule has 0 unspecified atom stereocenters. The van der Waals surface area contributed by atoms with Gasteiger partial charge in [0.05, 0.1) is 5.52 Å². The number of likely N-dealkylation sites (tertiary alicyclic amines) is 1. The molecule has 30 heavy (non-hydrogen) atoms. The Kier molecular flexibility index (Phi) is 5.44. The number of carbonyl (C=O) groups excluding carboxylic acids is 2. The van der Waals surface area contributed by atoms with E-state index in [9.17, 15) is 18.4 Å². The molecule has 1 N–H and O–H groups in total. The molecule has 2 amide bonds. The second-order valence-electron chi connectivity index (χ2n) is 7.55. The Bertz CT molecular complexity index is 1120. The van der Waals surface area contributed by atoms with Crippen molar-refractivity contribution in [3.63, 3.8) is 0 Å². The molecule has 154 valence electrons. The predicted octanol–water partition coefficient (Wildman–Crippen LogP) is 4.17. The lowest BCUT2D eigenvalue weighted by Crippen LogP contribution is -2.43. The maximum absolute atomic E-state index is 13.7. The van der Waals surface area contributed by atoms with Gasteiger partial charge in [-0.05, 0) is 73.2 Å². The largest absolute Gasteiger partial charge is 0.334 e. The topological polar surface area (TPSA) is 62.3 Å². The van der Waals surface area contributed by atoms with E-state index < -0.39 is 17.6 Å². The van der Waals surface area contributed by atoms with Gasteiger partial charge < -0.3 is 10.2 Å². The smallest absolute Gasteiger partial charge is 0.313 e. The molecule has 1 aliphatic heterocycles. The number of aromatic nitrogens is 1. The third-order valence-electron chi connectivity index (χ3n) is 5.58. The molecule has 2 heterocycles. The quantitative estimate of drug-likeness (QED) is 0.647. The van der Waals surface area contributed by atoms with E-state index in [0.29, 0.717) is 31.5 Å². The van der Waals surface area contributed by atoms with Crippen LogP contribution in [0.1, 0.15) is 29.9 Å². The number of amides is 2. The average molecular weight is 409 g/mol. The van der Waals surface area contributed by atoms with Gasteiger partial charge in [-0.1, -0.05) is 6.07 Å². The van der Waals surface area contributed by atoms with Gasteiger partial charge in [0.2, 0.25) is 0 Å². The Morgan fingerprint density at radius 3 is 2.57 bits per heavy atom. The number of hydrogen-bond acceptors (Lipinski definition) is 3. The van der Waals surface area contributed by atoms with Crippen LogP contribution in [0.4, 0.5) is 14.5 Å². The maximum Gasteiger partial charge on any atom is 0.313 e. The summed E-state index contributed by atoms with van der Waals surface area (Å²) in [5.74, 6) is -2.03. The molecular formula is C23H21F2N3O2. The molecule has 3 aromatic rings. The summed E-state index contributed by atoms with van der Waals surface area (Å²) >= 11 is 0. The number of nitrogens with zero attached hydrogens (tertiary/aromatic N) is 2. The highest BCUT2D eigenvalue weighted by Crippen LogP contribution is 2.32. The van der Waals surface area contributed by atoms with Crippen LogP contribution >= 0.6 is 0 Å². The van der Waals surface area contributed by atoms with E-state index >= 15 is 0 Å². The molecular weight excluding hydrogens is 388 g/mol. The third kappa shape index (κ3) is 4.01. The monoisotopic (exact) mass is 409 g/mol. The van der Waals surface area contributed by atoms with E-state index in [1.54, 1.807) is 31.3 Å². The molecule has 0 aliphatic carbocycles. The Balaban J connectivity index is 1.42. The van der Waals surface area contributed by atoms with Crippen LogP contribution in [0.15, 0.2) is 48.7 Å². The third-order valence-corrected chi connectivity index (χ3v) is 5.58. The van der Waals surface area contributed by atoms with E-state index in [2.05, 4.69) is 10.3 Å². The number of nitrogens with one attached hydrogen (secondary N) is 1. The Morgan fingerprint density at radius 1 is 1.07 bits per heavy atom. The minimum atomic E-state index is -0.784. The number of benzene rings is 2. The van der Waals surface area contributed by atoms with Gasteiger partial charge in [-0.15, -0.1) is 0 Å². The number of aryl methyl sites for hydroxylation is 1. The van der Waals surface area contributed by atoms with Gasteiger partial charge in [0.15, 0.2) is 0 Å². The van der Waals surface area contributed by atoms with E-state index in [1.807, 2.05) is 6.07 Å². The van der Waals surface area contributed by atoms with Crippen LogP contribution in [0.5, 0.6) is 0 Å². The molecule has 0 radical (unpaired) electrons. The van der Waals surface area contributed by atoms with Gasteiger partial charge in [-0.2, -0.15) is 0 Å². The molecule has 1 aliphatic rings. The molecule has 0 spiro atoms. The minimum Gasteiger partial charge on any atom is -0.334 e. The van der Waals surface area contributed by atoms with Crippen LogP contribution in [0.2, 0.25) is 0 Å². The Labute approximate surface area is 172 Å². The lowest BCUT2D eigenvalue weighted by atomic mass is 9.87. The highest BCUT2D eigenvalue weighted by molar-refractivity contribution is 6.39. The van der Waals surface area contributed by atoms with Crippen LogP contribution in [0, 0.1) is 18.6 Å². The fraction of sp³-hybridized carbons (Fsp3) is 0.261. The number of carbonyl (C=O) groups is 2. The zero-order valence-corrected chi connectivity index (χ0v) is 16.5. The number of anilines is 1. The standard InChI is InChI=1S/C23H21F2N3O2/c1-14-2-4-17(13-20(14)25)27-22(29)23(30)28-10-7-15(8-11-28)18-6-9-26-21-5-3-16(24)12-19(18)21/h2-6,9,12-13,15H,7-8,10-11H2,1H3,(H,27,29). The highest BCUT2D eigenvalue weighted by atomic mass is 19.1. The van der Waals surface area contributed by atoms with Crippen LogP contribution < -0.4 is 5.32 Å². The first-order chi connectivity index (χ1) is 14.4. The molecule has 0 atom stereocenters. The van der Waals surface area contributed by atoms with E-state index in [-0.39, 0.29) is 17.4 Å². The maximum atomic E-state index is 13.7. The molecule has 5 nitrogen and oxygen atoms in total. The highest BCUT2D eigenvalue weighted by Gasteiger charge is 2.28. The number of pyridine rings is 1. The minimum absolute atomic E-state index is 0.149. The van der Waals surface area contributed by atoms with Crippen molar-refractivity contribution in [1.29, 1.82) is 0 Å². The van der Waals surface area contributed by atoms with E-state index in [4.69, 9.17) is 0 Å². The fourth-order valence-electron chi connectivity index (χ4n) is 3.89. The summed E-state index contributed by atoms with van der Waals surface area (Å²) < 4.78 is 27.4. The SMILES string of the molecule is Cc1ccc(NC(=O)C(=O)N2CCC(c3ccnc4ccc(F)cc34)CC2)cc1F. The van der Waals surface area contributed by atoms with Crippen LogP contribution in [-0.2, 0) is 9.59 Å². The Morgan fingerprint density at radius 2 is 1.83 bits per heavy atom. The number of hydrogen-bond donors (Lipinski definition) is 1. The molecule has 2 aromatic carbocycles. The molecule has 4 rings (SSSR count). The second-order valence-corrected chi connectivity index (χ2v) is 7.55. The molecule has 1 saturated heterocycles. The number of piperidine rings is 1. The van der Waals surface area contributed by atoms with E-state index in [0.717, 1.165) is 16.5 Å². The lowest BCUT2D eigenvalue weighted by molar-refractivity contribution is -0.143. The van der Waals surface area contributed by atoms with Gasteiger partial charge >= 0.3 is 11.8 Å². The van der Waals surface area contributed by atoms with E-state index in [1.165, 1.54) is 23.1 Å². The van der Waals surface area contributed by atoms with Crippen molar-refractivity contribution in [1.82, 2.24) is 9.88 Å². The number of rotatable bonds is 2. The van der Waals surface area contributed by atoms with Crippen molar-refractivity contribution < 1.29 is 18.4 Å². The van der Waals surface area contributed by atoms with Gasteiger partial charge in [-0.25, -0.2) is 8.78 Å². The summed E-state index contributed by atoms with van der Waals surface area (Å²) in [6.45, 7) is 2.45. The van der Waals surface area contributed by atoms with Gasteiger partial charge in [0, 0.05) is 30.4 Å². The van der Waals surface area contributed by atoms with Crippen molar-refractivity contribution in [2.75, 3.05) is 18.4 Å². The predicted molar refractivity (Wildman–Crippen MR) is 110 cm³/mol. The summed E-state index contributed by atoms with van der Waals surface area (Å²) in [4.78, 5) is 30.6. The summed E-state index contributed by atoms with van der Waals surface area (Å²) in [5, 5.41) is 3.24. The summed E-state index contributed by atoms with van der Waals surface area (Å²) in [5.41, 5.74) is 2.45. The average Bonchev–Trinajstić information content (AvgIpc) is 2.75. The van der Waals surface area contributed by atoms with Crippen molar-refractivity contribution in [3.8, 4) is 0 Å². The fourth-order valence-corrected chi connectivity index (χ4v) is 3.89.